The molecule has 0 aliphatic carbocycles. The Morgan fingerprint density at radius 1 is 1.36 bits per heavy atom. The van der Waals surface area contributed by atoms with Gasteiger partial charge in [-0.2, -0.15) is 0 Å². The van der Waals surface area contributed by atoms with Crippen LogP contribution in [0, 0.1) is 0 Å². The summed E-state index contributed by atoms with van der Waals surface area (Å²) < 4.78 is 0. The Kier molecular flexibility index (Phi) is 2.10. The van der Waals surface area contributed by atoms with E-state index in [0.29, 0.717) is 11.3 Å². The summed E-state index contributed by atoms with van der Waals surface area (Å²) in [5.41, 5.74) is 1.12. The van der Waals surface area contributed by atoms with Crippen molar-refractivity contribution in [3.63, 3.8) is 0 Å². The second-order valence-corrected chi connectivity index (χ2v) is 2.92. The lowest BCUT2D eigenvalue weighted by Crippen LogP contribution is -2.02. The second-order valence-electron chi connectivity index (χ2n) is 2.92. The van der Waals surface area contributed by atoms with Crippen LogP contribution in [-0.2, 0) is 11.2 Å². The number of nitrogens with zero attached hydrogens (tertiary/aromatic N) is 2. The van der Waals surface area contributed by atoms with Crippen LogP contribution in [0.1, 0.15) is 5.69 Å². The van der Waals surface area contributed by atoms with Crippen LogP contribution < -0.4 is 0 Å². The summed E-state index contributed by atoms with van der Waals surface area (Å²) in [4.78, 5) is 18.6. The smallest absolute Gasteiger partial charge is 0.309 e. The van der Waals surface area contributed by atoms with E-state index >= 15 is 0 Å². The number of pyridine rings is 2. The van der Waals surface area contributed by atoms with Gasteiger partial charge in [-0.1, -0.05) is 0 Å². The molecule has 0 saturated heterocycles. The number of carbonyl (C=O) groups is 1. The Morgan fingerprint density at radius 2 is 2.21 bits per heavy atom. The van der Waals surface area contributed by atoms with Crippen molar-refractivity contribution >= 4 is 17.0 Å². The van der Waals surface area contributed by atoms with Crippen LogP contribution >= 0.6 is 0 Å². The lowest BCUT2D eigenvalue weighted by atomic mass is 10.2. The van der Waals surface area contributed by atoms with E-state index in [9.17, 15) is 4.79 Å². The Bertz CT molecular complexity index is 482. The SMILES string of the molecule is O=C(O)Cc1ccc2cccnc2n1. The lowest BCUT2D eigenvalue weighted by molar-refractivity contribution is -0.136. The molecule has 2 rings (SSSR count). The number of carboxylic acid groups (broad SMARTS) is 1. The summed E-state index contributed by atoms with van der Waals surface area (Å²) in [6.07, 6.45) is 1.58. The number of hydrogen-bond donors (Lipinski definition) is 1. The zero-order chi connectivity index (χ0) is 9.97. The third-order valence-corrected chi connectivity index (χ3v) is 1.85. The van der Waals surface area contributed by atoms with Crippen LogP contribution in [0.25, 0.3) is 11.0 Å². The molecule has 70 valence electrons. The molecule has 2 aromatic rings. The molecule has 0 amide bonds. The van der Waals surface area contributed by atoms with E-state index in [1.54, 1.807) is 12.3 Å². The number of aliphatic carboxylic acids is 1. The van der Waals surface area contributed by atoms with Gasteiger partial charge in [0.15, 0.2) is 5.65 Å². The molecule has 4 nitrogen and oxygen atoms in total. The zero-order valence-electron chi connectivity index (χ0n) is 7.34. The largest absolute Gasteiger partial charge is 0.481 e. The highest BCUT2D eigenvalue weighted by Gasteiger charge is 2.02. The molecule has 0 aliphatic rings. The summed E-state index contributed by atoms with van der Waals surface area (Å²) in [5, 5.41) is 9.50. The maximum absolute atomic E-state index is 10.4. The van der Waals surface area contributed by atoms with Crippen LogP contribution in [0.3, 0.4) is 0 Å². The van der Waals surface area contributed by atoms with Gasteiger partial charge >= 0.3 is 5.97 Å². The van der Waals surface area contributed by atoms with Gasteiger partial charge in [0.05, 0.1) is 12.1 Å². The van der Waals surface area contributed by atoms with Gasteiger partial charge in [0.1, 0.15) is 0 Å². The first-order chi connectivity index (χ1) is 6.75. The minimum Gasteiger partial charge on any atom is -0.481 e. The van der Waals surface area contributed by atoms with Gasteiger partial charge in [-0.3, -0.25) is 4.79 Å². The molecule has 1 N–H and O–H groups in total. The van der Waals surface area contributed by atoms with Gasteiger partial charge in [0.2, 0.25) is 0 Å². The van der Waals surface area contributed by atoms with Crippen molar-refractivity contribution in [1.29, 1.82) is 0 Å². The first-order valence-corrected chi connectivity index (χ1v) is 4.18. The van der Waals surface area contributed by atoms with Gasteiger partial charge in [-0.05, 0) is 24.3 Å². The number of aromatic nitrogens is 2. The minimum atomic E-state index is -0.882. The summed E-state index contributed by atoms with van der Waals surface area (Å²) in [6.45, 7) is 0. The molecule has 2 aromatic heterocycles. The Morgan fingerprint density at radius 3 is 3.00 bits per heavy atom. The van der Waals surface area contributed by atoms with E-state index in [2.05, 4.69) is 9.97 Å². The summed E-state index contributed by atoms with van der Waals surface area (Å²) in [5.74, 6) is -0.882. The predicted octanol–water partition coefficient (Wildman–Crippen LogP) is 1.26. The molecule has 0 spiro atoms. The fourth-order valence-corrected chi connectivity index (χ4v) is 1.25. The monoisotopic (exact) mass is 188 g/mol. The van der Waals surface area contributed by atoms with Crippen molar-refractivity contribution in [2.75, 3.05) is 0 Å². The topological polar surface area (TPSA) is 63.1 Å². The van der Waals surface area contributed by atoms with Crippen molar-refractivity contribution in [1.82, 2.24) is 9.97 Å². The second kappa shape index (κ2) is 3.41. The van der Waals surface area contributed by atoms with Crippen LogP contribution in [-0.4, -0.2) is 21.0 Å². The van der Waals surface area contributed by atoms with Crippen molar-refractivity contribution in [3.05, 3.63) is 36.2 Å². The molecule has 0 saturated carbocycles. The first-order valence-electron chi connectivity index (χ1n) is 4.18. The minimum absolute atomic E-state index is 0.0630. The number of fused-ring (bicyclic) bond motifs is 1. The average molecular weight is 188 g/mol. The lowest BCUT2D eigenvalue weighted by Gasteiger charge is -1.98. The fourth-order valence-electron chi connectivity index (χ4n) is 1.25. The third-order valence-electron chi connectivity index (χ3n) is 1.85. The van der Waals surface area contributed by atoms with E-state index in [1.165, 1.54) is 0 Å². The van der Waals surface area contributed by atoms with Crippen LogP contribution in [0.2, 0.25) is 0 Å². The molecule has 0 aliphatic heterocycles. The first kappa shape index (κ1) is 8.62. The van der Waals surface area contributed by atoms with Gasteiger partial charge in [0, 0.05) is 11.6 Å². The van der Waals surface area contributed by atoms with Crippen molar-refractivity contribution in [2.45, 2.75) is 6.42 Å². The standard InChI is InChI=1S/C10H8N2O2/c13-9(14)6-8-4-3-7-2-1-5-11-10(7)12-8/h1-5H,6H2,(H,13,14). The normalized spacial score (nSPS) is 10.3. The van der Waals surface area contributed by atoms with Gasteiger partial charge in [0.25, 0.3) is 0 Å². The highest BCUT2D eigenvalue weighted by Crippen LogP contribution is 2.09. The van der Waals surface area contributed by atoms with E-state index in [4.69, 9.17) is 5.11 Å². The Labute approximate surface area is 80.2 Å². The van der Waals surface area contributed by atoms with Crippen molar-refractivity contribution < 1.29 is 9.90 Å². The van der Waals surface area contributed by atoms with E-state index in [1.807, 2.05) is 18.2 Å². The number of carboxylic acids is 1. The molecule has 0 bridgehead atoms. The molecule has 0 radical (unpaired) electrons. The Balaban J connectivity index is 2.46. The quantitative estimate of drug-likeness (QED) is 0.770. The average Bonchev–Trinajstić information content (AvgIpc) is 2.17. The molecule has 4 heteroatoms. The molecule has 14 heavy (non-hydrogen) atoms. The molecular weight excluding hydrogens is 180 g/mol. The highest BCUT2D eigenvalue weighted by molar-refractivity contribution is 5.76. The summed E-state index contributed by atoms with van der Waals surface area (Å²) >= 11 is 0. The van der Waals surface area contributed by atoms with Crippen LogP contribution in [0.4, 0.5) is 0 Å². The highest BCUT2D eigenvalue weighted by atomic mass is 16.4. The van der Waals surface area contributed by atoms with E-state index in [-0.39, 0.29) is 6.42 Å². The van der Waals surface area contributed by atoms with E-state index < -0.39 is 5.97 Å². The maximum Gasteiger partial charge on any atom is 0.309 e. The fraction of sp³-hybridized carbons (Fsp3) is 0.100. The van der Waals surface area contributed by atoms with Gasteiger partial charge in [-0.15, -0.1) is 0 Å². The van der Waals surface area contributed by atoms with Crippen LogP contribution in [0.15, 0.2) is 30.5 Å². The molecular formula is C10H8N2O2. The zero-order valence-corrected chi connectivity index (χ0v) is 7.34. The van der Waals surface area contributed by atoms with Gasteiger partial charge < -0.3 is 5.11 Å². The number of rotatable bonds is 2. The number of hydrogen-bond acceptors (Lipinski definition) is 3. The summed E-state index contributed by atoms with van der Waals surface area (Å²) in [6, 6.07) is 7.24. The Hall–Kier alpha value is -1.97. The van der Waals surface area contributed by atoms with Crippen molar-refractivity contribution in [3.8, 4) is 0 Å². The molecule has 0 unspecified atom stereocenters. The summed E-state index contributed by atoms with van der Waals surface area (Å²) in [7, 11) is 0. The van der Waals surface area contributed by atoms with E-state index in [0.717, 1.165) is 5.39 Å². The van der Waals surface area contributed by atoms with Crippen LogP contribution in [0.5, 0.6) is 0 Å². The third kappa shape index (κ3) is 1.69. The van der Waals surface area contributed by atoms with Crippen molar-refractivity contribution in [2.24, 2.45) is 0 Å². The van der Waals surface area contributed by atoms with Gasteiger partial charge in [-0.25, -0.2) is 9.97 Å². The molecule has 0 aromatic carbocycles. The molecule has 0 atom stereocenters. The molecule has 0 fully saturated rings. The maximum atomic E-state index is 10.4. The predicted molar refractivity (Wildman–Crippen MR) is 50.9 cm³/mol. The molecule has 2 heterocycles.